The fourth-order valence-electron chi connectivity index (χ4n) is 4.61. The average molecular weight is 404 g/mol. The summed E-state index contributed by atoms with van der Waals surface area (Å²) in [5, 5.41) is 5.80. The van der Waals surface area contributed by atoms with Crippen molar-refractivity contribution in [2.24, 2.45) is 0 Å². The van der Waals surface area contributed by atoms with Crippen LogP contribution in [0.1, 0.15) is 39.9 Å². The van der Waals surface area contributed by atoms with Gasteiger partial charge in [-0.2, -0.15) is 0 Å². The van der Waals surface area contributed by atoms with Crippen molar-refractivity contribution in [3.8, 4) is 0 Å². The van der Waals surface area contributed by atoms with Crippen molar-refractivity contribution in [3.63, 3.8) is 0 Å². The molecule has 0 aromatic heterocycles. The first-order valence-electron chi connectivity index (χ1n) is 10.4. The Morgan fingerprint density at radius 2 is 1.90 bits per heavy atom. The van der Waals surface area contributed by atoms with E-state index in [1.807, 2.05) is 12.1 Å². The third kappa shape index (κ3) is 3.35. The molecular formula is C23H24N4O3. The highest BCUT2D eigenvalue weighted by Crippen LogP contribution is 2.30. The van der Waals surface area contributed by atoms with Crippen LogP contribution >= 0.6 is 0 Å². The number of rotatable bonds is 3. The van der Waals surface area contributed by atoms with Crippen LogP contribution in [0.2, 0.25) is 0 Å². The summed E-state index contributed by atoms with van der Waals surface area (Å²) >= 11 is 0. The van der Waals surface area contributed by atoms with E-state index in [0.717, 1.165) is 37.3 Å². The van der Waals surface area contributed by atoms with Crippen LogP contribution < -0.4 is 15.5 Å². The second-order valence-corrected chi connectivity index (χ2v) is 8.12. The predicted molar refractivity (Wildman–Crippen MR) is 112 cm³/mol. The normalized spacial score (nSPS) is 21.2. The second kappa shape index (κ2) is 7.57. The molecule has 3 amide bonds. The minimum Gasteiger partial charge on any atom is -0.366 e. The molecule has 5 rings (SSSR count). The topological polar surface area (TPSA) is 81.8 Å². The minimum atomic E-state index is -0.574. The van der Waals surface area contributed by atoms with Gasteiger partial charge in [0.1, 0.15) is 6.04 Å². The highest BCUT2D eigenvalue weighted by Gasteiger charge is 2.39. The number of hydrogen-bond acceptors (Lipinski definition) is 5. The molecule has 1 saturated heterocycles. The summed E-state index contributed by atoms with van der Waals surface area (Å²) in [5.74, 6) is -0.768. The number of anilines is 1. The van der Waals surface area contributed by atoms with Crippen molar-refractivity contribution < 1.29 is 14.4 Å². The number of carbonyl (C=O) groups excluding carboxylic acids is 3. The van der Waals surface area contributed by atoms with Crippen molar-refractivity contribution >= 4 is 23.4 Å². The fourth-order valence-corrected chi connectivity index (χ4v) is 4.61. The van der Waals surface area contributed by atoms with Crippen LogP contribution in [0.15, 0.2) is 42.5 Å². The van der Waals surface area contributed by atoms with Crippen LogP contribution in [0.5, 0.6) is 0 Å². The highest BCUT2D eigenvalue weighted by molar-refractivity contribution is 6.05. The first kappa shape index (κ1) is 18.8. The van der Waals surface area contributed by atoms with E-state index >= 15 is 0 Å². The summed E-state index contributed by atoms with van der Waals surface area (Å²) in [6.45, 7) is 3.79. The van der Waals surface area contributed by atoms with E-state index < -0.39 is 6.04 Å². The van der Waals surface area contributed by atoms with E-state index in [9.17, 15) is 14.4 Å². The van der Waals surface area contributed by atoms with Crippen LogP contribution in [0.3, 0.4) is 0 Å². The SMILES string of the molecule is O=C1CCC(N2Cc3ccc(CN4CCNCc5ccccc54)cc3C2=O)C(=O)N1. The maximum atomic E-state index is 13.1. The van der Waals surface area contributed by atoms with Crippen molar-refractivity contribution in [2.75, 3.05) is 18.0 Å². The molecule has 0 radical (unpaired) electrons. The Morgan fingerprint density at radius 1 is 1.03 bits per heavy atom. The molecule has 1 unspecified atom stereocenters. The number of piperidine rings is 1. The van der Waals surface area contributed by atoms with Gasteiger partial charge in [0.15, 0.2) is 0 Å². The quantitative estimate of drug-likeness (QED) is 0.759. The van der Waals surface area contributed by atoms with Crippen molar-refractivity contribution in [1.82, 2.24) is 15.5 Å². The van der Waals surface area contributed by atoms with Gasteiger partial charge >= 0.3 is 0 Å². The summed E-state index contributed by atoms with van der Waals surface area (Å²) in [7, 11) is 0. The zero-order valence-corrected chi connectivity index (χ0v) is 16.7. The number of benzene rings is 2. The number of para-hydroxylation sites is 1. The number of fused-ring (bicyclic) bond motifs is 2. The van der Waals surface area contributed by atoms with Gasteiger partial charge in [-0.05, 0) is 35.2 Å². The molecule has 3 aliphatic rings. The molecule has 2 aromatic carbocycles. The minimum absolute atomic E-state index is 0.126. The number of nitrogens with zero attached hydrogens (tertiary/aromatic N) is 2. The lowest BCUT2D eigenvalue weighted by molar-refractivity contribution is -0.136. The maximum Gasteiger partial charge on any atom is 0.255 e. The molecule has 0 spiro atoms. The van der Waals surface area contributed by atoms with Crippen molar-refractivity contribution in [2.45, 2.75) is 38.5 Å². The van der Waals surface area contributed by atoms with Crippen LogP contribution in [0, 0.1) is 0 Å². The smallest absolute Gasteiger partial charge is 0.255 e. The predicted octanol–water partition coefficient (Wildman–Crippen LogP) is 1.56. The van der Waals surface area contributed by atoms with Gasteiger partial charge in [-0.1, -0.05) is 30.3 Å². The van der Waals surface area contributed by atoms with E-state index in [1.54, 1.807) is 4.90 Å². The Bertz CT molecular complexity index is 1030. The number of imide groups is 1. The van der Waals surface area contributed by atoms with Gasteiger partial charge in [0.05, 0.1) is 0 Å². The fraction of sp³-hybridized carbons (Fsp3) is 0.348. The lowest BCUT2D eigenvalue weighted by atomic mass is 10.0. The molecule has 2 aromatic rings. The molecule has 30 heavy (non-hydrogen) atoms. The van der Waals surface area contributed by atoms with Gasteiger partial charge < -0.3 is 15.1 Å². The molecule has 154 valence electrons. The van der Waals surface area contributed by atoms with Gasteiger partial charge in [-0.15, -0.1) is 0 Å². The Labute approximate surface area is 175 Å². The molecule has 3 heterocycles. The Balaban J connectivity index is 1.37. The number of nitrogens with one attached hydrogen (secondary N) is 2. The van der Waals surface area contributed by atoms with Gasteiger partial charge in [0, 0.05) is 50.4 Å². The first-order valence-corrected chi connectivity index (χ1v) is 10.4. The second-order valence-electron chi connectivity index (χ2n) is 8.12. The van der Waals surface area contributed by atoms with Gasteiger partial charge in [-0.3, -0.25) is 19.7 Å². The monoisotopic (exact) mass is 404 g/mol. The maximum absolute atomic E-state index is 13.1. The van der Waals surface area contributed by atoms with Gasteiger partial charge in [0.25, 0.3) is 5.91 Å². The molecular weight excluding hydrogens is 380 g/mol. The molecule has 1 fully saturated rings. The molecule has 7 heteroatoms. The van der Waals surface area contributed by atoms with E-state index in [1.165, 1.54) is 11.3 Å². The summed E-state index contributed by atoms with van der Waals surface area (Å²) in [4.78, 5) is 40.7. The highest BCUT2D eigenvalue weighted by atomic mass is 16.2. The Morgan fingerprint density at radius 3 is 2.77 bits per heavy atom. The first-order chi connectivity index (χ1) is 14.6. The van der Waals surface area contributed by atoms with E-state index in [0.29, 0.717) is 18.5 Å². The molecule has 0 bridgehead atoms. The third-order valence-corrected chi connectivity index (χ3v) is 6.17. The zero-order chi connectivity index (χ0) is 20.7. The molecule has 7 nitrogen and oxygen atoms in total. The van der Waals surface area contributed by atoms with E-state index in [4.69, 9.17) is 0 Å². The Hall–Kier alpha value is -3.19. The zero-order valence-electron chi connectivity index (χ0n) is 16.7. The summed E-state index contributed by atoms with van der Waals surface area (Å²) in [6, 6.07) is 13.9. The number of carbonyl (C=O) groups is 3. The van der Waals surface area contributed by atoms with Crippen LogP contribution in [-0.4, -0.2) is 41.8 Å². The lowest BCUT2D eigenvalue weighted by Crippen LogP contribution is -2.52. The standard InChI is InChI=1S/C23H24N4O3/c28-21-8-7-20(22(29)25-21)27-14-17-6-5-15(11-18(17)23(27)30)13-26-10-9-24-12-16-3-1-2-4-19(16)26/h1-6,11,20,24H,7-10,12-14H2,(H,25,28,29). The summed E-state index contributed by atoms with van der Waals surface area (Å²) in [6.07, 6.45) is 0.652. The molecule has 0 aliphatic carbocycles. The average Bonchev–Trinajstić information content (AvgIpc) is 2.93. The van der Waals surface area contributed by atoms with Crippen molar-refractivity contribution in [3.05, 3.63) is 64.7 Å². The largest absolute Gasteiger partial charge is 0.366 e. The van der Waals surface area contributed by atoms with Crippen LogP contribution in [-0.2, 0) is 29.2 Å². The number of hydrogen-bond donors (Lipinski definition) is 2. The van der Waals surface area contributed by atoms with E-state index in [2.05, 4.69) is 45.9 Å². The Kier molecular flexibility index (Phi) is 4.75. The van der Waals surface area contributed by atoms with Crippen LogP contribution in [0.25, 0.3) is 0 Å². The van der Waals surface area contributed by atoms with Gasteiger partial charge in [0.2, 0.25) is 11.8 Å². The third-order valence-electron chi connectivity index (χ3n) is 6.17. The summed E-state index contributed by atoms with van der Waals surface area (Å²) in [5.41, 5.74) is 5.17. The molecule has 2 N–H and O–H groups in total. The molecule has 0 saturated carbocycles. The van der Waals surface area contributed by atoms with Gasteiger partial charge in [-0.25, -0.2) is 0 Å². The van der Waals surface area contributed by atoms with Crippen LogP contribution in [0.4, 0.5) is 5.69 Å². The van der Waals surface area contributed by atoms with E-state index in [-0.39, 0.29) is 24.1 Å². The molecule has 1 atom stereocenters. The lowest BCUT2D eigenvalue weighted by Gasteiger charge is -2.29. The van der Waals surface area contributed by atoms with Crippen molar-refractivity contribution in [1.29, 1.82) is 0 Å². The molecule has 3 aliphatic heterocycles. The summed E-state index contributed by atoms with van der Waals surface area (Å²) < 4.78 is 0. The number of amides is 3.